The van der Waals surface area contributed by atoms with E-state index < -0.39 is 10.8 Å². The highest BCUT2D eigenvalue weighted by Crippen LogP contribution is 2.31. The van der Waals surface area contributed by atoms with E-state index in [0.717, 1.165) is 22.6 Å². The van der Waals surface area contributed by atoms with Crippen molar-refractivity contribution < 1.29 is 13.7 Å². The maximum absolute atomic E-state index is 12.4. The second-order valence-corrected chi connectivity index (χ2v) is 7.16. The highest BCUT2D eigenvalue weighted by atomic mass is 32.2. The normalized spacial score (nSPS) is 14.6. The number of aryl methyl sites for hydroxylation is 2. The van der Waals surface area contributed by atoms with E-state index in [1.165, 1.54) is 11.1 Å². The summed E-state index contributed by atoms with van der Waals surface area (Å²) >= 11 is 0. The van der Waals surface area contributed by atoms with Crippen LogP contribution in [0.1, 0.15) is 22.3 Å². The molecule has 0 aliphatic carbocycles. The molecule has 116 valence electrons. The van der Waals surface area contributed by atoms with Crippen molar-refractivity contribution in [3.05, 3.63) is 58.7 Å². The zero-order chi connectivity index (χ0) is 15.5. The first-order chi connectivity index (χ1) is 10.6. The molecule has 0 aromatic heterocycles. The minimum absolute atomic E-state index is 0.531. The highest BCUT2D eigenvalue weighted by Gasteiger charge is 2.13. The fourth-order valence-electron chi connectivity index (χ4n) is 2.75. The minimum Gasteiger partial charge on any atom is -0.486 e. The molecule has 3 rings (SSSR count). The van der Waals surface area contributed by atoms with Crippen LogP contribution in [0.3, 0.4) is 0 Å². The molecule has 1 aliphatic rings. The maximum atomic E-state index is 12.4. The van der Waals surface area contributed by atoms with Crippen molar-refractivity contribution in [2.24, 2.45) is 0 Å². The summed E-state index contributed by atoms with van der Waals surface area (Å²) in [5, 5.41) is 0. The quantitative estimate of drug-likeness (QED) is 0.866. The molecule has 0 N–H and O–H groups in total. The van der Waals surface area contributed by atoms with Gasteiger partial charge >= 0.3 is 0 Å². The maximum Gasteiger partial charge on any atom is 0.161 e. The van der Waals surface area contributed by atoms with Gasteiger partial charge in [-0.3, -0.25) is 4.21 Å². The van der Waals surface area contributed by atoms with Gasteiger partial charge in [0, 0.05) is 22.3 Å². The predicted octanol–water partition coefficient (Wildman–Crippen LogP) is 3.52. The van der Waals surface area contributed by atoms with E-state index in [-0.39, 0.29) is 0 Å². The molecule has 4 heteroatoms. The summed E-state index contributed by atoms with van der Waals surface area (Å²) in [4.78, 5) is 0. The fraction of sp³-hybridized carbons (Fsp3) is 0.333. The Kier molecular flexibility index (Phi) is 4.48. The molecular weight excluding hydrogens is 296 g/mol. The van der Waals surface area contributed by atoms with Gasteiger partial charge in [-0.2, -0.15) is 0 Å². The molecule has 1 atom stereocenters. The number of hydrogen-bond acceptors (Lipinski definition) is 3. The second kappa shape index (κ2) is 6.53. The summed E-state index contributed by atoms with van der Waals surface area (Å²) in [5.74, 6) is 2.64. The number of ether oxygens (including phenoxy) is 2. The largest absolute Gasteiger partial charge is 0.486 e. The molecule has 0 unspecified atom stereocenters. The molecule has 22 heavy (non-hydrogen) atoms. The molecule has 0 bridgehead atoms. The molecule has 3 nitrogen and oxygen atoms in total. The lowest BCUT2D eigenvalue weighted by Crippen LogP contribution is -2.15. The van der Waals surface area contributed by atoms with Gasteiger partial charge in [0.1, 0.15) is 13.2 Å². The van der Waals surface area contributed by atoms with Crippen molar-refractivity contribution in [2.75, 3.05) is 13.2 Å². The van der Waals surface area contributed by atoms with Crippen LogP contribution in [-0.2, 0) is 22.3 Å². The molecule has 2 aromatic rings. The first-order valence-corrected chi connectivity index (χ1v) is 8.89. The van der Waals surface area contributed by atoms with Crippen molar-refractivity contribution in [1.29, 1.82) is 0 Å². The van der Waals surface area contributed by atoms with Crippen molar-refractivity contribution in [3.63, 3.8) is 0 Å². The van der Waals surface area contributed by atoms with Gasteiger partial charge in [0.15, 0.2) is 11.5 Å². The van der Waals surface area contributed by atoms with Gasteiger partial charge < -0.3 is 9.47 Å². The zero-order valence-electron chi connectivity index (χ0n) is 12.9. The average Bonchev–Trinajstić information content (AvgIpc) is 2.45. The Labute approximate surface area is 133 Å². The average molecular weight is 316 g/mol. The van der Waals surface area contributed by atoms with Gasteiger partial charge in [0.2, 0.25) is 0 Å². The monoisotopic (exact) mass is 316 g/mol. The Balaban J connectivity index is 1.69. The van der Waals surface area contributed by atoms with Crippen molar-refractivity contribution >= 4 is 10.8 Å². The number of fused-ring (bicyclic) bond motifs is 1. The van der Waals surface area contributed by atoms with Crippen LogP contribution in [0.4, 0.5) is 0 Å². The third kappa shape index (κ3) is 3.69. The summed E-state index contributed by atoms with van der Waals surface area (Å²) in [7, 11) is -0.936. The van der Waals surface area contributed by atoms with E-state index in [4.69, 9.17) is 9.47 Å². The third-order valence-electron chi connectivity index (χ3n) is 3.54. The molecule has 2 aromatic carbocycles. The molecular formula is C18H20O3S. The Morgan fingerprint density at radius 3 is 2.23 bits per heavy atom. The van der Waals surface area contributed by atoms with Crippen LogP contribution in [-0.4, -0.2) is 17.4 Å². The van der Waals surface area contributed by atoms with Gasteiger partial charge in [-0.05, 0) is 37.1 Å². The topological polar surface area (TPSA) is 35.5 Å². The number of benzene rings is 2. The number of rotatable bonds is 4. The van der Waals surface area contributed by atoms with Crippen molar-refractivity contribution in [2.45, 2.75) is 25.4 Å². The summed E-state index contributed by atoms with van der Waals surface area (Å²) in [6.45, 7) is 5.30. The SMILES string of the molecule is Cc1cc(C)cc(C[S@@](=O)Cc2ccc3c(c2)OCCO3)c1. The summed E-state index contributed by atoms with van der Waals surface area (Å²) in [6.07, 6.45) is 0. The first-order valence-electron chi connectivity index (χ1n) is 7.41. The van der Waals surface area contributed by atoms with E-state index in [1.807, 2.05) is 18.2 Å². The van der Waals surface area contributed by atoms with Crippen LogP contribution in [0, 0.1) is 13.8 Å². The summed E-state index contributed by atoms with van der Waals surface area (Å²) < 4.78 is 23.5. The predicted molar refractivity (Wildman–Crippen MR) is 88.9 cm³/mol. The van der Waals surface area contributed by atoms with Gasteiger partial charge in [-0.15, -0.1) is 0 Å². The zero-order valence-corrected chi connectivity index (χ0v) is 13.7. The van der Waals surface area contributed by atoms with Crippen LogP contribution < -0.4 is 9.47 Å². The molecule has 0 saturated heterocycles. The Morgan fingerprint density at radius 2 is 1.50 bits per heavy atom. The highest BCUT2D eigenvalue weighted by molar-refractivity contribution is 7.83. The lowest BCUT2D eigenvalue weighted by Gasteiger charge is -2.18. The van der Waals surface area contributed by atoms with Crippen LogP contribution in [0.5, 0.6) is 11.5 Å². The van der Waals surface area contributed by atoms with Gasteiger partial charge in [0.25, 0.3) is 0 Å². The standard InChI is InChI=1S/C18H20O3S/c1-13-7-14(2)9-16(8-13)12-22(19)11-15-3-4-17-18(10-15)21-6-5-20-17/h3-4,7-10H,5-6,11-12H2,1-2H3/t22-/m0/s1. The van der Waals surface area contributed by atoms with Gasteiger partial charge in [-0.25, -0.2) is 0 Å². The molecule has 0 amide bonds. The lowest BCUT2D eigenvalue weighted by molar-refractivity contribution is 0.171. The van der Waals surface area contributed by atoms with E-state index >= 15 is 0 Å². The molecule has 0 spiro atoms. The first kappa shape index (κ1) is 15.1. The summed E-state index contributed by atoms with van der Waals surface area (Å²) in [6, 6.07) is 12.1. The molecule has 1 aliphatic heterocycles. The fourth-order valence-corrected chi connectivity index (χ4v) is 3.94. The van der Waals surface area contributed by atoms with Crippen LogP contribution in [0.2, 0.25) is 0 Å². The van der Waals surface area contributed by atoms with Crippen LogP contribution in [0.15, 0.2) is 36.4 Å². The second-order valence-electron chi connectivity index (χ2n) is 5.70. The minimum atomic E-state index is -0.936. The van der Waals surface area contributed by atoms with E-state index in [1.54, 1.807) is 0 Å². The Bertz CT molecular complexity index is 689. The van der Waals surface area contributed by atoms with Gasteiger partial charge in [0.05, 0.1) is 0 Å². The molecule has 0 fully saturated rings. The van der Waals surface area contributed by atoms with E-state index in [0.29, 0.717) is 24.7 Å². The molecule has 0 saturated carbocycles. The van der Waals surface area contributed by atoms with Crippen LogP contribution in [0.25, 0.3) is 0 Å². The van der Waals surface area contributed by atoms with E-state index in [9.17, 15) is 4.21 Å². The van der Waals surface area contributed by atoms with Crippen LogP contribution >= 0.6 is 0 Å². The van der Waals surface area contributed by atoms with E-state index in [2.05, 4.69) is 32.0 Å². The third-order valence-corrected chi connectivity index (χ3v) is 4.85. The number of hydrogen-bond donors (Lipinski definition) is 0. The van der Waals surface area contributed by atoms with Gasteiger partial charge in [-0.1, -0.05) is 35.4 Å². The van der Waals surface area contributed by atoms with Crippen molar-refractivity contribution in [3.8, 4) is 11.5 Å². The Hall–Kier alpha value is -1.81. The van der Waals surface area contributed by atoms with Crippen molar-refractivity contribution in [1.82, 2.24) is 0 Å². The lowest BCUT2D eigenvalue weighted by atomic mass is 10.1. The Morgan fingerprint density at radius 1 is 0.864 bits per heavy atom. The molecule has 0 radical (unpaired) electrons. The smallest absolute Gasteiger partial charge is 0.161 e. The molecule has 1 heterocycles. The summed E-state index contributed by atoms with van der Waals surface area (Å²) in [5.41, 5.74) is 4.58.